The fourth-order valence-electron chi connectivity index (χ4n) is 3.22. The van der Waals surface area contributed by atoms with Crippen LogP contribution < -0.4 is 20.3 Å². The van der Waals surface area contributed by atoms with Crippen molar-refractivity contribution in [3.05, 3.63) is 52.5 Å². The first kappa shape index (κ1) is 25.5. The van der Waals surface area contributed by atoms with Gasteiger partial charge in [-0.3, -0.25) is 10.1 Å². The molecule has 3 rings (SSSR count). The highest BCUT2D eigenvalue weighted by Gasteiger charge is 2.23. The van der Waals surface area contributed by atoms with Crippen LogP contribution in [0.2, 0.25) is 10.0 Å². The number of rotatable bonds is 6. The Morgan fingerprint density at radius 3 is 2.30 bits per heavy atom. The normalized spacial score (nSPS) is 15.6. The summed E-state index contributed by atoms with van der Waals surface area (Å²) in [5.41, 5.74) is 1.68. The lowest BCUT2D eigenvalue weighted by Crippen LogP contribution is -2.48. The molecule has 1 atom stereocenters. The molecule has 1 saturated heterocycles. The lowest BCUT2D eigenvalue weighted by atomic mass is 10.2. The van der Waals surface area contributed by atoms with E-state index in [4.69, 9.17) is 40.2 Å². The molecule has 2 N–H and O–H groups in total. The number of ether oxygens (including phenoxy) is 1. The van der Waals surface area contributed by atoms with E-state index in [1.54, 1.807) is 19.1 Å². The van der Waals surface area contributed by atoms with Gasteiger partial charge < -0.3 is 15.0 Å². The Kier molecular flexibility index (Phi) is 8.41. The number of halogens is 2. The van der Waals surface area contributed by atoms with Crippen molar-refractivity contribution in [2.75, 3.05) is 42.7 Å². The first-order chi connectivity index (χ1) is 15.5. The predicted octanol–water partition coefficient (Wildman–Crippen LogP) is 3.36. The number of benzene rings is 2. The van der Waals surface area contributed by atoms with Gasteiger partial charge in [0, 0.05) is 42.6 Å². The van der Waals surface area contributed by atoms with Crippen LogP contribution in [0.15, 0.2) is 42.5 Å². The van der Waals surface area contributed by atoms with Crippen LogP contribution in [0.4, 0.5) is 11.4 Å². The van der Waals surface area contributed by atoms with Gasteiger partial charge in [-0.05, 0) is 61.6 Å². The van der Waals surface area contributed by atoms with E-state index in [9.17, 15) is 13.2 Å². The number of hydrogen-bond donors (Lipinski definition) is 2. The number of carbonyl (C=O) groups excluding carboxylic acids is 1. The Bertz CT molecular complexity index is 1120. The largest absolute Gasteiger partial charge is 0.479 e. The van der Waals surface area contributed by atoms with E-state index in [1.807, 2.05) is 24.3 Å². The van der Waals surface area contributed by atoms with E-state index >= 15 is 0 Å². The minimum atomic E-state index is -3.16. The Balaban J connectivity index is 1.49. The van der Waals surface area contributed by atoms with Crippen LogP contribution in [0.3, 0.4) is 0 Å². The van der Waals surface area contributed by atoms with Gasteiger partial charge in [-0.1, -0.05) is 23.2 Å². The molecule has 8 nitrogen and oxygen atoms in total. The second-order valence-electron chi connectivity index (χ2n) is 7.47. The summed E-state index contributed by atoms with van der Waals surface area (Å²) >= 11 is 17.2. The van der Waals surface area contributed by atoms with Crippen molar-refractivity contribution in [1.82, 2.24) is 9.62 Å². The van der Waals surface area contributed by atoms with Gasteiger partial charge in [0.15, 0.2) is 11.2 Å². The van der Waals surface area contributed by atoms with Crippen LogP contribution in [-0.4, -0.2) is 62.3 Å². The highest BCUT2D eigenvalue weighted by atomic mass is 35.5. The first-order valence-corrected chi connectivity index (χ1v) is 13.1. The number of piperazine rings is 1. The van der Waals surface area contributed by atoms with Gasteiger partial charge in [-0.25, -0.2) is 8.42 Å². The van der Waals surface area contributed by atoms with Crippen LogP contribution in [0.25, 0.3) is 0 Å². The molecule has 1 fully saturated rings. The second-order valence-corrected chi connectivity index (χ2v) is 10.7. The van der Waals surface area contributed by atoms with Crippen LogP contribution in [0.1, 0.15) is 6.92 Å². The van der Waals surface area contributed by atoms with Crippen molar-refractivity contribution < 1.29 is 17.9 Å². The van der Waals surface area contributed by atoms with Gasteiger partial charge >= 0.3 is 0 Å². The SMILES string of the molecule is CC(Oc1ccc(Cl)cc1Cl)C(=O)NC(=S)Nc1ccc(N2CCN(S(C)(=O)=O)CC2)cc1. The summed E-state index contributed by atoms with van der Waals surface area (Å²) in [6, 6.07) is 12.2. The summed E-state index contributed by atoms with van der Waals surface area (Å²) in [7, 11) is -3.16. The Morgan fingerprint density at radius 1 is 1.09 bits per heavy atom. The number of hydrogen-bond acceptors (Lipinski definition) is 6. The van der Waals surface area contributed by atoms with Gasteiger partial charge in [0.25, 0.3) is 5.91 Å². The van der Waals surface area contributed by atoms with E-state index in [1.165, 1.54) is 16.6 Å². The molecule has 1 aliphatic rings. The zero-order valence-corrected chi connectivity index (χ0v) is 21.2. The molecule has 1 amide bonds. The van der Waals surface area contributed by atoms with E-state index in [-0.39, 0.29) is 5.11 Å². The van der Waals surface area contributed by atoms with Gasteiger partial charge in [-0.2, -0.15) is 4.31 Å². The summed E-state index contributed by atoms with van der Waals surface area (Å²) < 4.78 is 30.4. The lowest BCUT2D eigenvalue weighted by molar-refractivity contribution is -0.125. The van der Waals surface area contributed by atoms with E-state index in [2.05, 4.69) is 15.5 Å². The molecule has 2 aromatic carbocycles. The van der Waals surface area contributed by atoms with E-state index in [0.29, 0.717) is 47.7 Å². The number of carbonyl (C=O) groups is 1. The molecule has 0 radical (unpaired) electrons. The van der Waals surface area contributed by atoms with Crippen LogP contribution in [0.5, 0.6) is 5.75 Å². The summed E-state index contributed by atoms with van der Waals surface area (Å²) in [6.07, 6.45) is 0.390. The summed E-state index contributed by atoms with van der Waals surface area (Å²) in [5.74, 6) is -0.0885. The fourth-order valence-corrected chi connectivity index (χ4v) is 4.72. The maximum absolute atomic E-state index is 12.4. The van der Waals surface area contributed by atoms with Gasteiger partial charge in [-0.15, -0.1) is 0 Å². The topological polar surface area (TPSA) is 91.0 Å². The van der Waals surface area contributed by atoms with E-state index in [0.717, 1.165) is 5.69 Å². The maximum Gasteiger partial charge on any atom is 0.266 e. The van der Waals surface area contributed by atoms with Gasteiger partial charge in [0.2, 0.25) is 10.0 Å². The summed E-state index contributed by atoms with van der Waals surface area (Å²) in [6.45, 7) is 3.72. The third-order valence-corrected chi connectivity index (χ3v) is 7.04. The molecule has 0 aliphatic carbocycles. The highest BCUT2D eigenvalue weighted by molar-refractivity contribution is 7.88. The van der Waals surface area contributed by atoms with Gasteiger partial charge in [0.1, 0.15) is 5.75 Å². The van der Waals surface area contributed by atoms with E-state index < -0.39 is 22.0 Å². The Hall–Kier alpha value is -2.11. The molecular weight excluding hydrogens is 507 g/mol. The smallest absolute Gasteiger partial charge is 0.266 e. The standard InChI is InChI=1S/C21H24Cl2N4O4S2/c1-14(31-19-8-3-15(22)13-18(19)23)20(28)25-21(32)24-16-4-6-17(7-5-16)26-9-11-27(12-10-26)33(2,29)30/h3-8,13-14H,9-12H2,1-2H3,(H2,24,25,28,32). The first-order valence-electron chi connectivity index (χ1n) is 10.1. The van der Waals surface area contributed by atoms with Gasteiger partial charge in [0.05, 0.1) is 11.3 Å². The molecule has 1 aliphatic heterocycles. The molecule has 0 aromatic heterocycles. The number of sulfonamides is 1. The summed E-state index contributed by atoms with van der Waals surface area (Å²) in [4.78, 5) is 14.5. The van der Waals surface area contributed by atoms with Crippen molar-refractivity contribution in [1.29, 1.82) is 0 Å². The molecule has 1 heterocycles. The third-order valence-electron chi connectivity index (χ3n) is 5.00. The van der Waals surface area contributed by atoms with Crippen molar-refractivity contribution in [3.8, 4) is 5.75 Å². The Morgan fingerprint density at radius 2 is 1.73 bits per heavy atom. The van der Waals surface area contributed by atoms with Crippen molar-refractivity contribution in [2.24, 2.45) is 0 Å². The minimum absolute atomic E-state index is 0.132. The maximum atomic E-state index is 12.4. The zero-order chi connectivity index (χ0) is 24.2. The Labute approximate surface area is 208 Å². The van der Waals surface area contributed by atoms with Crippen molar-refractivity contribution >= 4 is 67.8 Å². The molecule has 0 bridgehead atoms. The third kappa shape index (κ3) is 7.18. The molecule has 1 unspecified atom stereocenters. The highest BCUT2D eigenvalue weighted by Crippen LogP contribution is 2.28. The summed E-state index contributed by atoms with van der Waals surface area (Å²) in [5, 5.41) is 6.46. The molecule has 2 aromatic rings. The van der Waals surface area contributed by atoms with Crippen LogP contribution in [-0.2, 0) is 14.8 Å². The van der Waals surface area contributed by atoms with Crippen molar-refractivity contribution in [3.63, 3.8) is 0 Å². The average Bonchev–Trinajstić information content (AvgIpc) is 2.75. The van der Waals surface area contributed by atoms with Crippen LogP contribution >= 0.6 is 35.4 Å². The number of anilines is 2. The fraction of sp³-hybridized carbons (Fsp3) is 0.333. The second kappa shape index (κ2) is 10.9. The minimum Gasteiger partial charge on any atom is -0.479 e. The number of nitrogens with one attached hydrogen (secondary N) is 2. The molecule has 0 saturated carbocycles. The molecule has 178 valence electrons. The number of amides is 1. The predicted molar refractivity (Wildman–Crippen MR) is 136 cm³/mol. The quantitative estimate of drug-likeness (QED) is 0.553. The monoisotopic (exact) mass is 530 g/mol. The molecule has 33 heavy (non-hydrogen) atoms. The molecule has 12 heteroatoms. The number of nitrogens with zero attached hydrogens (tertiary/aromatic N) is 2. The van der Waals surface area contributed by atoms with Crippen LogP contribution in [0, 0.1) is 0 Å². The molecule has 0 spiro atoms. The zero-order valence-electron chi connectivity index (χ0n) is 18.0. The number of thiocarbonyl (C=S) groups is 1. The average molecular weight is 531 g/mol. The lowest BCUT2D eigenvalue weighted by Gasteiger charge is -2.34. The van der Waals surface area contributed by atoms with Crippen molar-refractivity contribution in [2.45, 2.75) is 13.0 Å². The molecular formula is C21H24Cl2N4O4S2.